The number of rotatable bonds is 2. The van der Waals surface area contributed by atoms with Crippen LogP contribution in [0.3, 0.4) is 0 Å². The molecule has 0 aromatic heterocycles. The van der Waals surface area contributed by atoms with Crippen molar-refractivity contribution in [3.63, 3.8) is 0 Å². The van der Waals surface area contributed by atoms with Crippen molar-refractivity contribution >= 4 is 0 Å². The summed E-state index contributed by atoms with van der Waals surface area (Å²) in [5.74, 6) is 0.105. The molecule has 3 nitrogen and oxygen atoms in total. The predicted molar refractivity (Wildman–Crippen MR) is 59.5 cm³/mol. The van der Waals surface area contributed by atoms with Crippen LogP contribution in [0.4, 0.5) is 0 Å². The Morgan fingerprint density at radius 1 is 1.20 bits per heavy atom. The molecule has 1 fully saturated rings. The molecular weight excluding hydrogens is 192 g/mol. The van der Waals surface area contributed by atoms with Crippen molar-refractivity contribution in [2.45, 2.75) is 59.5 Å². The van der Waals surface area contributed by atoms with Gasteiger partial charge >= 0.3 is 0 Å². The molecule has 0 aromatic carbocycles. The molecule has 90 valence electrons. The lowest BCUT2D eigenvalue weighted by Crippen LogP contribution is -2.50. The highest BCUT2D eigenvalue weighted by atomic mass is 16.7. The molecule has 0 amide bonds. The molecule has 1 rings (SSSR count). The molecule has 0 unspecified atom stereocenters. The van der Waals surface area contributed by atoms with Crippen molar-refractivity contribution in [3.8, 4) is 0 Å². The van der Waals surface area contributed by atoms with Crippen molar-refractivity contribution in [2.75, 3.05) is 6.61 Å². The third kappa shape index (κ3) is 2.92. The Hall–Kier alpha value is -0.120. The number of ether oxygens (including phenoxy) is 2. The zero-order chi connectivity index (χ0) is 11.6. The average Bonchev–Trinajstić information content (AvgIpc) is 2.15. The van der Waals surface area contributed by atoms with Gasteiger partial charge in [-0.2, -0.15) is 0 Å². The van der Waals surface area contributed by atoms with Crippen LogP contribution in [-0.2, 0) is 9.47 Å². The SMILES string of the molecule is CC[C@@H]1O[C@H](C(C)(C)C)O[C@H](C)[C@@H]1CO. The van der Waals surface area contributed by atoms with E-state index in [1.807, 2.05) is 6.92 Å². The lowest BCUT2D eigenvalue weighted by atomic mass is 9.90. The summed E-state index contributed by atoms with van der Waals surface area (Å²) in [6.07, 6.45) is 0.937. The molecule has 0 radical (unpaired) electrons. The van der Waals surface area contributed by atoms with Gasteiger partial charge in [-0.1, -0.05) is 27.7 Å². The summed E-state index contributed by atoms with van der Waals surface area (Å²) >= 11 is 0. The molecular formula is C12H24O3. The highest BCUT2D eigenvalue weighted by Gasteiger charge is 2.40. The first-order valence-corrected chi connectivity index (χ1v) is 5.82. The van der Waals surface area contributed by atoms with E-state index >= 15 is 0 Å². The third-order valence-corrected chi connectivity index (χ3v) is 3.04. The Bertz CT molecular complexity index is 198. The first-order chi connectivity index (χ1) is 6.90. The minimum absolute atomic E-state index is 0.0118. The monoisotopic (exact) mass is 216 g/mol. The second-order valence-electron chi connectivity index (χ2n) is 5.47. The van der Waals surface area contributed by atoms with Crippen LogP contribution in [0.5, 0.6) is 0 Å². The zero-order valence-electron chi connectivity index (χ0n) is 10.5. The Morgan fingerprint density at radius 3 is 2.20 bits per heavy atom. The molecule has 1 aliphatic rings. The van der Waals surface area contributed by atoms with Gasteiger partial charge in [-0.3, -0.25) is 0 Å². The molecule has 1 saturated heterocycles. The van der Waals surface area contributed by atoms with Crippen molar-refractivity contribution in [1.82, 2.24) is 0 Å². The van der Waals surface area contributed by atoms with Gasteiger partial charge in [0.25, 0.3) is 0 Å². The summed E-state index contributed by atoms with van der Waals surface area (Å²) in [4.78, 5) is 0. The van der Waals surface area contributed by atoms with Gasteiger partial charge < -0.3 is 14.6 Å². The Balaban J connectivity index is 2.71. The Labute approximate surface area is 92.8 Å². The summed E-state index contributed by atoms with van der Waals surface area (Å²) < 4.78 is 11.7. The van der Waals surface area contributed by atoms with Crippen molar-refractivity contribution < 1.29 is 14.6 Å². The normalized spacial score (nSPS) is 38.0. The molecule has 1 N–H and O–H groups in total. The van der Waals surface area contributed by atoms with Gasteiger partial charge in [0, 0.05) is 11.3 Å². The van der Waals surface area contributed by atoms with Crippen LogP contribution in [-0.4, -0.2) is 30.2 Å². The van der Waals surface area contributed by atoms with Crippen LogP contribution < -0.4 is 0 Å². The molecule has 0 saturated carbocycles. The standard InChI is InChI=1S/C12H24O3/c1-6-10-9(7-13)8(2)14-11(15-10)12(3,4)5/h8-11,13H,6-7H2,1-5H3/t8-,9+,10+,11-/m1/s1. The van der Waals surface area contributed by atoms with Crippen molar-refractivity contribution in [3.05, 3.63) is 0 Å². The summed E-state index contributed by atoms with van der Waals surface area (Å²) in [5, 5.41) is 9.29. The highest BCUT2D eigenvalue weighted by Crippen LogP contribution is 2.34. The van der Waals surface area contributed by atoms with Gasteiger partial charge in [-0.15, -0.1) is 0 Å². The lowest BCUT2D eigenvalue weighted by molar-refractivity contribution is -0.301. The maximum atomic E-state index is 9.29. The molecule has 0 spiro atoms. The van der Waals surface area contributed by atoms with Gasteiger partial charge in [0.1, 0.15) is 0 Å². The maximum Gasteiger partial charge on any atom is 0.163 e. The molecule has 3 heteroatoms. The van der Waals surface area contributed by atoms with Crippen molar-refractivity contribution in [1.29, 1.82) is 0 Å². The first kappa shape index (κ1) is 12.9. The van der Waals surface area contributed by atoms with Gasteiger partial charge in [0.2, 0.25) is 0 Å². The fourth-order valence-electron chi connectivity index (χ4n) is 1.96. The van der Waals surface area contributed by atoms with Gasteiger partial charge in [0.15, 0.2) is 6.29 Å². The largest absolute Gasteiger partial charge is 0.396 e. The molecule has 4 atom stereocenters. The predicted octanol–water partition coefficient (Wildman–Crippen LogP) is 2.18. The van der Waals surface area contributed by atoms with Gasteiger partial charge in [0.05, 0.1) is 18.8 Å². The highest BCUT2D eigenvalue weighted by molar-refractivity contribution is 4.82. The quantitative estimate of drug-likeness (QED) is 0.769. The van der Waals surface area contributed by atoms with E-state index in [-0.39, 0.29) is 36.4 Å². The minimum Gasteiger partial charge on any atom is -0.396 e. The molecule has 1 aliphatic heterocycles. The molecule has 0 aliphatic carbocycles. The second-order valence-corrected chi connectivity index (χ2v) is 5.47. The van der Waals surface area contributed by atoms with Crippen LogP contribution in [0.2, 0.25) is 0 Å². The van der Waals surface area contributed by atoms with Crippen LogP contribution >= 0.6 is 0 Å². The maximum absolute atomic E-state index is 9.29. The number of hydrogen-bond acceptors (Lipinski definition) is 3. The molecule has 0 aromatic rings. The summed E-state index contributed by atoms with van der Waals surface area (Å²) in [6, 6.07) is 0. The smallest absolute Gasteiger partial charge is 0.163 e. The minimum atomic E-state index is -0.166. The van der Waals surface area contributed by atoms with E-state index in [2.05, 4.69) is 27.7 Å². The van der Waals surface area contributed by atoms with Gasteiger partial charge in [-0.05, 0) is 13.3 Å². The second kappa shape index (κ2) is 4.81. The summed E-state index contributed by atoms with van der Waals surface area (Å²) in [5.41, 5.74) is -0.0118. The third-order valence-electron chi connectivity index (χ3n) is 3.04. The lowest BCUT2D eigenvalue weighted by Gasteiger charge is -2.44. The zero-order valence-corrected chi connectivity index (χ0v) is 10.5. The van der Waals surface area contributed by atoms with E-state index in [0.717, 1.165) is 6.42 Å². The number of aliphatic hydroxyl groups excluding tert-OH is 1. The van der Waals surface area contributed by atoms with E-state index in [4.69, 9.17) is 9.47 Å². The molecule has 0 bridgehead atoms. The summed E-state index contributed by atoms with van der Waals surface area (Å²) in [6.45, 7) is 10.6. The fraction of sp³-hybridized carbons (Fsp3) is 1.00. The van der Waals surface area contributed by atoms with Gasteiger partial charge in [-0.25, -0.2) is 0 Å². The molecule has 15 heavy (non-hydrogen) atoms. The first-order valence-electron chi connectivity index (χ1n) is 5.82. The van der Waals surface area contributed by atoms with Crippen LogP contribution in [0, 0.1) is 11.3 Å². The van der Waals surface area contributed by atoms with Crippen LogP contribution in [0.1, 0.15) is 41.0 Å². The topological polar surface area (TPSA) is 38.7 Å². The Kier molecular flexibility index (Phi) is 4.15. The van der Waals surface area contributed by atoms with E-state index < -0.39 is 0 Å². The van der Waals surface area contributed by atoms with Crippen LogP contribution in [0.15, 0.2) is 0 Å². The van der Waals surface area contributed by atoms with E-state index in [1.165, 1.54) is 0 Å². The average molecular weight is 216 g/mol. The van der Waals surface area contributed by atoms with Crippen molar-refractivity contribution in [2.24, 2.45) is 11.3 Å². The fourth-order valence-corrected chi connectivity index (χ4v) is 1.96. The number of aliphatic hydroxyl groups is 1. The van der Waals surface area contributed by atoms with E-state index in [9.17, 15) is 5.11 Å². The number of hydrogen-bond donors (Lipinski definition) is 1. The Morgan fingerprint density at radius 2 is 1.80 bits per heavy atom. The summed E-state index contributed by atoms with van der Waals surface area (Å²) in [7, 11) is 0. The molecule has 1 heterocycles. The van der Waals surface area contributed by atoms with E-state index in [0.29, 0.717) is 0 Å². The van der Waals surface area contributed by atoms with Crippen LogP contribution in [0.25, 0.3) is 0 Å². The van der Waals surface area contributed by atoms with E-state index in [1.54, 1.807) is 0 Å².